The van der Waals surface area contributed by atoms with Gasteiger partial charge < -0.3 is 9.64 Å². The molecule has 0 amide bonds. The molecule has 232 valence electrons. The normalized spacial score (nSPS) is 12.0. The molecule has 0 aliphatic carbocycles. The van der Waals surface area contributed by atoms with Crippen LogP contribution in [0.5, 0.6) is 0 Å². The minimum Gasteiger partial charge on any atom is -0.460 e. The average Bonchev–Trinajstić information content (AvgIpc) is 2.99. The smallest absolute Gasteiger partial charge is 0.416 e. The molecule has 5 nitrogen and oxygen atoms in total. The number of benzene rings is 3. The van der Waals surface area contributed by atoms with Crippen LogP contribution in [-0.4, -0.2) is 54.7 Å². The Morgan fingerprint density at radius 2 is 1.37 bits per heavy atom. The first-order chi connectivity index (χ1) is 20.8. The Labute approximate surface area is 254 Å². The van der Waals surface area contributed by atoms with Crippen molar-refractivity contribution in [1.29, 1.82) is 0 Å². The average molecular weight is 596 g/mol. The molecule has 43 heavy (non-hydrogen) atoms. The van der Waals surface area contributed by atoms with E-state index in [1.165, 1.54) is 12.1 Å². The summed E-state index contributed by atoms with van der Waals surface area (Å²) >= 11 is 0. The standard InChI is InChI=1S/C35H44F3N3O2/c1-3-20-40(21-4-2)22-8-9-23-41(27-34(42)43-28-32-10-6-5-7-11-32)26-31-14-12-29(13-15-31)24-39-25-30-16-18-33(19-17-30)35(36,37)38/h5-7,10-19,25H,3-4,8-9,20-24,26-28H2,1-2H3. The van der Waals surface area contributed by atoms with Gasteiger partial charge in [0, 0.05) is 12.8 Å². The maximum Gasteiger partial charge on any atom is 0.416 e. The van der Waals surface area contributed by atoms with Gasteiger partial charge in [0.05, 0.1) is 18.7 Å². The Morgan fingerprint density at radius 1 is 0.767 bits per heavy atom. The summed E-state index contributed by atoms with van der Waals surface area (Å²) in [7, 11) is 0. The van der Waals surface area contributed by atoms with Crippen molar-refractivity contribution in [2.45, 2.75) is 65.4 Å². The Balaban J connectivity index is 1.54. The molecular formula is C35H44F3N3O2. The summed E-state index contributed by atoms with van der Waals surface area (Å²) < 4.78 is 43.9. The van der Waals surface area contributed by atoms with Crippen LogP contribution in [0.1, 0.15) is 67.3 Å². The summed E-state index contributed by atoms with van der Waals surface area (Å²) in [5.74, 6) is -0.239. The quantitative estimate of drug-likeness (QED) is 0.0856. The predicted octanol–water partition coefficient (Wildman–Crippen LogP) is 7.77. The molecule has 0 saturated carbocycles. The number of hydrogen-bond donors (Lipinski definition) is 0. The highest BCUT2D eigenvalue weighted by Gasteiger charge is 2.29. The summed E-state index contributed by atoms with van der Waals surface area (Å²) in [6.07, 6.45) is 1.60. The van der Waals surface area contributed by atoms with Gasteiger partial charge in [-0.2, -0.15) is 13.2 Å². The van der Waals surface area contributed by atoms with E-state index in [0.29, 0.717) is 18.7 Å². The van der Waals surface area contributed by atoms with Crippen molar-refractivity contribution >= 4 is 12.2 Å². The Bertz CT molecular complexity index is 1220. The lowest BCUT2D eigenvalue weighted by atomic mass is 10.1. The molecule has 0 N–H and O–H groups in total. The van der Waals surface area contributed by atoms with E-state index in [0.717, 1.165) is 80.7 Å². The predicted molar refractivity (Wildman–Crippen MR) is 167 cm³/mol. The van der Waals surface area contributed by atoms with Crippen molar-refractivity contribution in [3.63, 3.8) is 0 Å². The van der Waals surface area contributed by atoms with Crippen LogP contribution in [0.15, 0.2) is 83.9 Å². The van der Waals surface area contributed by atoms with Gasteiger partial charge in [-0.15, -0.1) is 0 Å². The van der Waals surface area contributed by atoms with Crippen molar-refractivity contribution in [3.05, 3.63) is 107 Å². The van der Waals surface area contributed by atoms with Gasteiger partial charge in [0.15, 0.2) is 0 Å². The fraction of sp³-hybridized carbons (Fsp3) is 0.429. The van der Waals surface area contributed by atoms with E-state index in [1.807, 2.05) is 54.6 Å². The lowest BCUT2D eigenvalue weighted by molar-refractivity contribution is -0.146. The highest BCUT2D eigenvalue weighted by molar-refractivity contribution is 5.79. The van der Waals surface area contributed by atoms with Gasteiger partial charge in [0.1, 0.15) is 6.61 Å². The SMILES string of the molecule is CCCN(CCC)CCCCN(CC(=O)OCc1ccccc1)Cc1ccc(CN=Cc2ccc(C(F)(F)F)cc2)cc1. The molecule has 8 heteroatoms. The molecule has 0 atom stereocenters. The Hall–Kier alpha value is -3.49. The fourth-order valence-corrected chi connectivity index (χ4v) is 4.84. The summed E-state index contributed by atoms with van der Waals surface area (Å²) in [6.45, 7) is 10.0. The number of hydrogen-bond acceptors (Lipinski definition) is 5. The maximum absolute atomic E-state index is 12.8. The molecule has 0 saturated heterocycles. The van der Waals surface area contributed by atoms with Gasteiger partial charge in [-0.05, 0) is 86.2 Å². The van der Waals surface area contributed by atoms with Crippen LogP contribution >= 0.6 is 0 Å². The van der Waals surface area contributed by atoms with Crippen LogP contribution in [0.3, 0.4) is 0 Å². The molecule has 0 spiro atoms. The summed E-state index contributed by atoms with van der Waals surface area (Å²) in [5, 5.41) is 0. The number of ether oxygens (including phenoxy) is 1. The van der Waals surface area contributed by atoms with Crippen LogP contribution in [-0.2, 0) is 35.4 Å². The zero-order valence-corrected chi connectivity index (χ0v) is 25.4. The van der Waals surface area contributed by atoms with E-state index in [-0.39, 0.29) is 19.1 Å². The van der Waals surface area contributed by atoms with Gasteiger partial charge in [0.25, 0.3) is 0 Å². The van der Waals surface area contributed by atoms with Crippen molar-refractivity contribution in [2.75, 3.05) is 32.7 Å². The molecule has 0 fully saturated rings. The minimum atomic E-state index is -4.35. The number of alkyl halides is 3. The van der Waals surface area contributed by atoms with E-state index in [1.54, 1.807) is 6.21 Å². The zero-order valence-electron chi connectivity index (χ0n) is 25.4. The number of halogens is 3. The van der Waals surface area contributed by atoms with Crippen LogP contribution in [0.2, 0.25) is 0 Å². The number of aliphatic imine (C=N–C) groups is 1. The lowest BCUT2D eigenvalue weighted by Gasteiger charge is -2.24. The highest BCUT2D eigenvalue weighted by Crippen LogP contribution is 2.28. The Kier molecular flexibility index (Phi) is 14.4. The third-order valence-electron chi connectivity index (χ3n) is 7.06. The van der Waals surface area contributed by atoms with Crippen molar-refractivity contribution < 1.29 is 22.7 Å². The van der Waals surface area contributed by atoms with Crippen molar-refractivity contribution in [2.24, 2.45) is 4.99 Å². The Morgan fingerprint density at radius 3 is 1.98 bits per heavy atom. The molecule has 0 radical (unpaired) electrons. The summed E-state index contributed by atoms with van der Waals surface area (Å²) in [6, 6.07) is 22.7. The molecule has 0 unspecified atom stereocenters. The van der Waals surface area contributed by atoms with Gasteiger partial charge in [-0.25, -0.2) is 0 Å². The number of rotatable bonds is 18. The van der Waals surface area contributed by atoms with Crippen LogP contribution in [0.25, 0.3) is 0 Å². The molecule has 0 aliphatic rings. The molecule has 3 aromatic carbocycles. The van der Waals surface area contributed by atoms with Gasteiger partial charge in [-0.1, -0.05) is 80.6 Å². The number of carbonyl (C=O) groups excluding carboxylic acids is 1. The van der Waals surface area contributed by atoms with Gasteiger partial charge in [-0.3, -0.25) is 14.7 Å². The molecule has 0 aliphatic heterocycles. The van der Waals surface area contributed by atoms with E-state index >= 15 is 0 Å². The monoisotopic (exact) mass is 595 g/mol. The first-order valence-corrected chi connectivity index (χ1v) is 15.2. The minimum absolute atomic E-state index is 0.222. The van der Waals surface area contributed by atoms with Crippen molar-refractivity contribution in [3.8, 4) is 0 Å². The van der Waals surface area contributed by atoms with Gasteiger partial charge in [0.2, 0.25) is 0 Å². The van der Waals surface area contributed by atoms with Crippen molar-refractivity contribution in [1.82, 2.24) is 9.80 Å². The first kappa shape index (κ1) is 34.0. The van der Waals surface area contributed by atoms with E-state index in [4.69, 9.17) is 4.74 Å². The lowest BCUT2D eigenvalue weighted by Crippen LogP contribution is -2.32. The topological polar surface area (TPSA) is 45.1 Å². The van der Waals surface area contributed by atoms with E-state index in [2.05, 4.69) is 28.6 Å². The van der Waals surface area contributed by atoms with E-state index in [9.17, 15) is 18.0 Å². The second-order valence-corrected chi connectivity index (χ2v) is 10.8. The number of carbonyl (C=O) groups is 1. The summed E-state index contributed by atoms with van der Waals surface area (Å²) in [5.41, 5.74) is 2.99. The molecular weight excluding hydrogens is 551 g/mol. The van der Waals surface area contributed by atoms with Gasteiger partial charge >= 0.3 is 12.1 Å². The second-order valence-electron chi connectivity index (χ2n) is 10.8. The fourth-order valence-electron chi connectivity index (χ4n) is 4.84. The number of nitrogens with zero attached hydrogens (tertiary/aromatic N) is 3. The van der Waals surface area contributed by atoms with Crippen LogP contribution in [0.4, 0.5) is 13.2 Å². The largest absolute Gasteiger partial charge is 0.460 e. The maximum atomic E-state index is 12.8. The summed E-state index contributed by atoms with van der Waals surface area (Å²) in [4.78, 5) is 21.8. The number of unbranched alkanes of at least 4 members (excludes halogenated alkanes) is 1. The molecule has 0 bridgehead atoms. The molecule has 3 aromatic rings. The zero-order chi connectivity index (χ0) is 30.9. The first-order valence-electron chi connectivity index (χ1n) is 15.2. The second kappa shape index (κ2) is 18.2. The molecule has 3 rings (SSSR count). The van der Waals surface area contributed by atoms with Crippen LogP contribution in [0, 0.1) is 0 Å². The number of esters is 1. The highest BCUT2D eigenvalue weighted by atomic mass is 19.4. The van der Waals surface area contributed by atoms with Crippen LogP contribution < -0.4 is 0 Å². The molecule has 0 aromatic heterocycles. The van der Waals surface area contributed by atoms with E-state index < -0.39 is 11.7 Å². The third-order valence-corrected chi connectivity index (χ3v) is 7.06. The third kappa shape index (κ3) is 13.1. The molecule has 0 heterocycles.